The molecule has 19 heavy (non-hydrogen) atoms. The Morgan fingerprint density at radius 3 is 2.11 bits per heavy atom. The first-order valence-corrected chi connectivity index (χ1v) is 6.33. The van der Waals surface area contributed by atoms with Crippen molar-refractivity contribution >= 4 is 11.5 Å². The Labute approximate surface area is 114 Å². The van der Waals surface area contributed by atoms with Crippen LogP contribution in [0.4, 0.5) is 5.69 Å². The quantitative estimate of drug-likeness (QED) is 0.636. The number of nitrogens with zero attached hydrogens (tertiary/aromatic N) is 1. The lowest BCUT2D eigenvalue weighted by atomic mass is 9.97. The van der Waals surface area contributed by atoms with Gasteiger partial charge in [0.1, 0.15) is 0 Å². The van der Waals surface area contributed by atoms with Crippen LogP contribution in [0.2, 0.25) is 0 Å². The lowest BCUT2D eigenvalue weighted by molar-refractivity contribution is 0.813. The van der Waals surface area contributed by atoms with Crippen molar-refractivity contribution in [3.63, 3.8) is 0 Å². The van der Waals surface area contributed by atoms with Gasteiger partial charge in [0, 0.05) is 19.3 Å². The molecule has 3 nitrogen and oxygen atoms in total. The first-order valence-electron chi connectivity index (χ1n) is 6.33. The maximum absolute atomic E-state index is 7.80. The molecule has 2 rings (SSSR count). The van der Waals surface area contributed by atoms with Crippen molar-refractivity contribution in [1.82, 2.24) is 0 Å². The lowest BCUT2D eigenvalue weighted by Crippen LogP contribution is -2.32. The van der Waals surface area contributed by atoms with Crippen LogP contribution in [0, 0.1) is 5.41 Å². The summed E-state index contributed by atoms with van der Waals surface area (Å²) in [5.74, 6) is 0.125. The molecule has 0 amide bonds. The molecule has 2 aromatic carbocycles. The average molecular weight is 253 g/mol. The highest BCUT2D eigenvalue weighted by Gasteiger charge is 2.17. The topological polar surface area (TPSA) is 53.1 Å². The number of anilines is 1. The zero-order valence-electron chi connectivity index (χ0n) is 11.1. The van der Waals surface area contributed by atoms with Crippen molar-refractivity contribution in [1.29, 1.82) is 5.41 Å². The molecule has 1 unspecified atom stereocenters. The van der Waals surface area contributed by atoms with Crippen molar-refractivity contribution in [3.8, 4) is 0 Å². The average Bonchev–Trinajstić information content (AvgIpc) is 2.46. The summed E-state index contributed by atoms with van der Waals surface area (Å²) in [6.45, 7) is 0.698. The predicted molar refractivity (Wildman–Crippen MR) is 80.8 cm³/mol. The molecule has 0 aliphatic rings. The van der Waals surface area contributed by atoms with E-state index in [0.717, 1.165) is 11.3 Å². The van der Waals surface area contributed by atoms with Crippen LogP contribution >= 0.6 is 0 Å². The third-order valence-electron chi connectivity index (χ3n) is 3.23. The van der Waals surface area contributed by atoms with Gasteiger partial charge in [0.15, 0.2) is 0 Å². The SMILES string of the molecule is CN(CC(C(=N)N)c1ccccc1)c1ccccc1. The van der Waals surface area contributed by atoms with Crippen molar-refractivity contribution < 1.29 is 0 Å². The number of nitrogens with one attached hydrogen (secondary N) is 1. The molecule has 0 saturated carbocycles. The molecule has 98 valence electrons. The second-order valence-corrected chi connectivity index (χ2v) is 4.63. The molecular formula is C16H19N3. The molecule has 0 aromatic heterocycles. The van der Waals surface area contributed by atoms with Gasteiger partial charge in [-0.25, -0.2) is 0 Å². The van der Waals surface area contributed by atoms with E-state index in [4.69, 9.17) is 11.1 Å². The molecular weight excluding hydrogens is 234 g/mol. The van der Waals surface area contributed by atoms with E-state index >= 15 is 0 Å². The van der Waals surface area contributed by atoms with E-state index in [1.807, 2.05) is 55.6 Å². The van der Waals surface area contributed by atoms with Crippen molar-refractivity contribution in [2.75, 3.05) is 18.5 Å². The molecule has 0 saturated heterocycles. The zero-order valence-corrected chi connectivity index (χ0v) is 11.1. The number of nitrogens with two attached hydrogens (primary N) is 1. The minimum absolute atomic E-state index is 0.0774. The molecule has 0 radical (unpaired) electrons. The van der Waals surface area contributed by atoms with Gasteiger partial charge < -0.3 is 10.6 Å². The van der Waals surface area contributed by atoms with E-state index in [-0.39, 0.29) is 11.8 Å². The van der Waals surface area contributed by atoms with Crippen LogP contribution in [0.25, 0.3) is 0 Å². The summed E-state index contributed by atoms with van der Waals surface area (Å²) in [7, 11) is 2.02. The van der Waals surface area contributed by atoms with Gasteiger partial charge in [0.05, 0.1) is 11.8 Å². The molecule has 3 N–H and O–H groups in total. The van der Waals surface area contributed by atoms with E-state index in [0.29, 0.717) is 6.54 Å². The number of likely N-dealkylation sites (N-methyl/N-ethyl adjacent to an activating group) is 1. The summed E-state index contributed by atoms with van der Waals surface area (Å²) < 4.78 is 0. The molecule has 0 fully saturated rings. The third kappa shape index (κ3) is 3.35. The fraction of sp³-hybridized carbons (Fsp3) is 0.188. The summed E-state index contributed by atoms with van der Waals surface area (Å²) in [6, 6.07) is 20.1. The molecule has 0 bridgehead atoms. The van der Waals surface area contributed by atoms with Gasteiger partial charge in [-0.2, -0.15) is 0 Å². The van der Waals surface area contributed by atoms with Crippen molar-refractivity contribution in [2.24, 2.45) is 5.73 Å². The summed E-state index contributed by atoms with van der Waals surface area (Å²) in [6.07, 6.45) is 0. The molecule has 3 heteroatoms. The van der Waals surface area contributed by atoms with E-state index in [1.54, 1.807) is 0 Å². The fourth-order valence-electron chi connectivity index (χ4n) is 2.13. The standard InChI is InChI=1S/C16H19N3/c1-19(14-10-6-3-7-11-14)12-15(16(17)18)13-8-4-2-5-9-13/h2-11,15H,12H2,1H3,(H3,17,18). The third-order valence-corrected chi connectivity index (χ3v) is 3.23. The number of amidine groups is 1. The number of rotatable bonds is 5. The number of benzene rings is 2. The molecule has 0 aliphatic carbocycles. The van der Waals surface area contributed by atoms with Crippen LogP contribution in [0.5, 0.6) is 0 Å². The van der Waals surface area contributed by atoms with Crippen LogP contribution in [0.1, 0.15) is 11.5 Å². The van der Waals surface area contributed by atoms with Crippen LogP contribution in [0.3, 0.4) is 0 Å². The highest BCUT2D eigenvalue weighted by atomic mass is 15.1. The summed E-state index contributed by atoms with van der Waals surface area (Å²) in [5.41, 5.74) is 7.96. The number of hydrogen-bond acceptors (Lipinski definition) is 2. The van der Waals surface area contributed by atoms with Crippen molar-refractivity contribution in [2.45, 2.75) is 5.92 Å². The normalized spacial score (nSPS) is 11.8. The largest absolute Gasteiger partial charge is 0.387 e. The lowest BCUT2D eigenvalue weighted by Gasteiger charge is -2.25. The van der Waals surface area contributed by atoms with Gasteiger partial charge in [0.2, 0.25) is 0 Å². The molecule has 1 atom stereocenters. The van der Waals surface area contributed by atoms with Gasteiger partial charge in [-0.3, -0.25) is 5.41 Å². The zero-order chi connectivity index (χ0) is 13.7. The highest BCUT2D eigenvalue weighted by molar-refractivity contribution is 5.85. The van der Waals surface area contributed by atoms with Gasteiger partial charge in [-0.15, -0.1) is 0 Å². The minimum atomic E-state index is -0.0774. The minimum Gasteiger partial charge on any atom is -0.387 e. The Morgan fingerprint density at radius 2 is 1.58 bits per heavy atom. The molecule has 2 aromatic rings. The van der Waals surface area contributed by atoms with Crippen molar-refractivity contribution in [3.05, 3.63) is 66.2 Å². The smallest absolute Gasteiger partial charge is 0.1000 e. The highest BCUT2D eigenvalue weighted by Crippen LogP contribution is 2.20. The monoisotopic (exact) mass is 253 g/mol. The van der Waals surface area contributed by atoms with Crippen LogP contribution in [-0.4, -0.2) is 19.4 Å². The van der Waals surface area contributed by atoms with Gasteiger partial charge in [0.25, 0.3) is 0 Å². The Balaban J connectivity index is 2.16. The first kappa shape index (κ1) is 13.1. The molecule has 0 spiro atoms. The Bertz CT molecular complexity index is 522. The second-order valence-electron chi connectivity index (χ2n) is 4.63. The Kier molecular flexibility index (Phi) is 4.18. The van der Waals surface area contributed by atoms with E-state index in [2.05, 4.69) is 17.0 Å². The first-order chi connectivity index (χ1) is 9.18. The maximum Gasteiger partial charge on any atom is 0.1000 e. The van der Waals surface area contributed by atoms with Gasteiger partial charge in [-0.05, 0) is 17.7 Å². The van der Waals surface area contributed by atoms with Crippen LogP contribution in [-0.2, 0) is 0 Å². The van der Waals surface area contributed by atoms with Crippen LogP contribution < -0.4 is 10.6 Å². The van der Waals surface area contributed by atoms with Gasteiger partial charge in [-0.1, -0.05) is 48.5 Å². The fourth-order valence-corrected chi connectivity index (χ4v) is 2.13. The van der Waals surface area contributed by atoms with E-state index in [9.17, 15) is 0 Å². The summed E-state index contributed by atoms with van der Waals surface area (Å²) in [5, 5.41) is 7.80. The number of hydrogen-bond donors (Lipinski definition) is 2. The second kappa shape index (κ2) is 6.05. The molecule has 0 aliphatic heterocycles. The predicted octanol–water partition coefficient (Wildman–Crippen LogP) is 2.84. The summed E-state index contributed by atoms with van der Waals surface area (Å²) in [4.78, 5) is 2.12. The van der Waals surface area contributed by atoms with Crippen LogP contribution in [0.15, 0.2) is 60.7 Å². The number of para-hydroxylation sites is 1. The van der Waals surface area contributed by atoms with E-state index in [1.165, 1.54) is 0 Å². The van der Waals surface area contributed by atoms with E-state index < -0.39 is 0 Å². The summed E-state index contributed by atoms with van der Waals surface area (Å²) >= 11 is 0. The maximum atomic E-state index is 7.80. The Hall–Kier alpha value is -2.29. The molecule has 0 heterocycles. The van der Waals surface area contributed by atoms with Gasteiger partial charge >= 0.3 is 0 Å². The Morgan fingerprint density at radius 1 is 1.05 bits per heavy atom.